The van der Waals surface area contributed by atoms with Crippen LogP contribution < -0.4 is 10.5 Å². The molecule has 1 aliphatic carbocycles. The molecule has 1 aromatic carbocycles. The number of hydrogen-bond donors (Lipinski definition) is 2. The van der Waals surface area contributed by atoms with Gasteiger partial charge in [-0.15, -0.1) is 6.42 Å². The first kappa shape index (κ1) is 15.7. The highest BCUT2D eigenvalue weighted by Gasteiger charge is 2.44. The fourth-order valence-corrected chi connectivity index (χ4v) is 3.87. The number of aromatic amines is 1. The number of rotatable bonds is 2. The highest BCUT2D eigenvalue weighted by molar-refractivity contribution is 5.95. The minimum Gasteiger partial charge on any atom is -0.376 e. The number of nitrogens with one attached hydrogen (secondary N) is 1. The molecule has 0 bridgehead atoms. The number of aromatic nitrogens is 1. The normalized spacial score (nSPS) is 19.4. The third-order valence-corrected chi connectivity index (χ3v) is 5.69. The monoisotopic (exact) mass is 333 g/mol. The van der Waals surface area contributed by atoms with Crippen LogP contribution in [0.4, 0.5) is 5.69 Å². The van der Waals surface area contributed by atoms with Gasteiger partial charge in [-0.25, -0.2) is 0 Å². The first-order chi connectivity index (χ1) is 12.1. The van der Waals surface area contributed by atoms with E-state index in [4.69, 9.17) is 6.42 Å². The van der Waals surface area contributed by atoms with E-state index in [0.29, 0.717) is 22.2 Å². The van der Waals surface area contributed by atoms with Crippen molar-refractivity contribution in [2.75, 3.05) is 18.0 Å². The van der Waals surface area contributed by atoms with Crippen molar-refractivity contribution < 1.29 is 5.11 Å². The average Bonchev–Trinajstić information content (AvgIpc) is 3.39. The Labute approximate surface area is 145 Å². The smallest absolute Gasteiger partial charge is 0.268 e. The van der Waals surface area contributed by atoms with Gasteiger partial charge in [0.2, 0.25) is 0 Å². The summed E-state index contributed by atoms with van der Waals surface area (Å²) in [5.41, 5.74) is 2.17. The fraction of sp³-hybridized carbons (Fsp3) is 0.400. The third kappa shape index (κ3) is 2.58. The van der Waals surface area contributed by atoms with Gasteiger partial charge < -0.3 is 15.0 Å². The summed E-state index contributed by atoms with van der Waals surface area (Å²) in [6.45, 7) is 1.68. The van der Waals surface area contributed by atoms with Gasteiger partial charge in [0.15, 0.2) is 0 Å². The van der Waals surface area contributed by atoms with Gasteiger partial charge in [0.1, 0.15) is 17.7 Å². The summed E-state index contributed by atoms with van der Waals surface area (Å²) in [6.07, 6.45) is 9.09. The number of H-pyrrole nitrogens is 1. The number of pyridine rings is 1. The Hall–Kier alpha value is -2.76. The zero-order chi connectivity index (χ0) is 17.6. The van der Waals surface area contributed by atoms with Crippen LogP contribution in [0, 0.1) is 29.1 Å². The molecule has 1 saturated carbocycles. The Bertz CT molecular complexity index is 979. The number of aliphatic hydroxyl groups excluding tert-OH is 1. The largest absolute Gasteiger partial charge is 0.376 e. The van der Waals surface area contributed by atoms with E-state index in [1.165, 1.54) is 12.8 Å². The molecule has 25 heavy (non-hydrogen) atoms. The molecule has 5 nitrogen and oxygen atoms in total. The lowest BCUT2D eigenvalue weighted by Gasteiger charge is -2.34. The van der Waals surface area contributed by atoms with Crippen LogP contribution in [0.3, 0.4) is 0 Å². The fourth-order valence-electron chi connectivity index (χ4n) is 3.87. The van der Waals surface area contributed by atoms with E-state index in [1.54, 1.807) is 18.2 Å². The van der Waals surface area contributed by atoms with Gasteiger partial charge in [-0.1, -0.05) is 12.0 Å². The molecule has 0 amide bonds. The van der Waals surface area contributed by atoms with Crippen molar-refractivity contribution in [3.05, 3.63) is 39.7 Å². The van der Waals surface area contributed by atoms with E-state index in [9.17, 15) is 15.2 Å². The van der Waals surface area contributed by atoms with Crippen LogP contribution in [-0.4, -0.2) is 23.2 Å². The number of nitrogens with zero attached hydrogens (tertiary/aromatic N) is 2. The summed E-state index contributed by atoms with van der Waals surface area (Å²) in [4.78, 5) is 17.3. The minimum atomic E-state index is -1.01. The maximum atomic E-state index is 12.4. The van der Waals surface area contributed by atoms with Crippen LogP contribution >= 0.6 is 0 Å². The molecular weight excluding hydrogens is 314 g/mol. The molecule has 1 aliphatic heterocycles. The Morgan fingerprint density at radius 2 is 2.00 bits per heavy atom. The molecule has 1 atom stereocenters. The minimum absolute atomic E-state index is 0.131. The number of anilines is 1. The Morgan fingerprint density at radius 3 is 2.60 bits per heavy atom. The van der Waals surface area contributed by atoms with Crippen molar-refractivity contribution in [3.8, 4) is 18.4 Å². The topological polar surface area (TPSA) is 80.1 Å². The van der Waals surface area contributed by atoms with Crippen molar-refractivity contribution in [2.24, 2.45) is 5.41 Å². The number of terminal acetylenes is 1. The predicted octanol–water partition coefficient (Wildman–Crippen LogP) is 2.45. The molecule has 1 aromatic heterocycles. The molecular formula is C20H19N3O2. The molecule has 1 unspecified atom stereocenters. The van der Waals surface area contributed by atoms with Crippen molar-refractivity contribution in [3.63, 3.8) is 0 Å². The highest BCUT2D eigenvalue weighted by Crippen LogP contribution is 2.54. The van der Waals surface area contributed by atoms with Gasteiger partial charge in [-0.2, -0.15) is 5.26 Å². The lowest BCUT2D eigenvalue weighted by Crippen LogP contribution is -2.36. The molecule has 0 radical (unpaired) electrons. The van der Waals surface area contributed by atoms with Crippen LogP contribution in [0.15, 0.2) is 23.0 Å². The molecule has 2 N–H and O–H groups in total. The van der Waals surface area contributed by atoms with Crippen LogP contribution in [0.25, 0.3) is 10.9 Å². The summed E-state index contributed by atoms with van der Waals surface area (Å²) >= 11 is 0. The van der Waals surface area contributed by atoms with Crippen molar-refractivity contribution in [1.29, 1.82) is 5.26 Å². The zero-order valence-corrected chi connectivity index (χ0v) is 13.9. The van der Waals surface area contributed by atoms with Gasteiger partial charge in [-0.3, -0.25) is 4.79 Å². The quantitative estimate of drug-likeness (QED) is 0.827. The highest BCUT2D eigenvalue weighted by atomic mass is 16.3. The van der Waals surface area contributed by atoms with Crippen LogP contribution in [0.2, 0.25) is 0 Å². The number of nitriles is 1. The van der Waals surface area contributed by atoms with Gasteiger partial charge in [0.25, 0.3) is 5.56 Å². The lowest BCUT2D eigenvalue weighted by atomic mass is 9.92. The van der Waals surface area contributed by atoms with Gasteiger partial charge in [0, 0.05) is 18.5 Å². The summed E-state index contributed by atoms with van der Waals surface area (Å²) in [6, 6.07) is 7.29. The zero-order valence-electron chi connectivity index (χ0n) is 13.9. The Balaban J connectivity index is 1.88. The number of piperidine rings is 1. The molecule has 1 spiro atoms. The second kappa shape index (κ2) is 5.65. The van der Waals surface area contributed by atoms with E-state index in [0.717, 1.165) is 31.3 Å². The molecule has 126 valence electrons. The van der Waals surface area contributed by atoms with Gasteiger partial charge in [-0.05, 0) is 48.8 Å². The molecule has 2 fully saturated rings. The number of fused-ring (bicyclic) bond motifs is 1. The summed E-state index contributed by atoms with van der Waals surface area (Å²) in [7, 11) is 0. The molecule has 2 aromatic rings. The number of hydrogen-bond acceptors (Lipinski definition) is 4. The van der Waals surface area contributed by atoms with Crippen LogP contribution in [0.1, 0.15) is 42.9 Å². The van der Waals surface area contributed by atoms with Crippen LogP contribution in [-0.2, 0) is 0 Å². The summed E-state index contributed by atoms with van der Waals surface area (Å²) in [5.74, 6) is 2.31. The molecule has 1 saturated heterocycles. The SMILES string of the molecule is C#CC(O)c1ccc2[nH]c(=O)c(C#N)c(N3CCC4(CC3)CC4)c2c1. The number of benzene rings is 1. The van der Waals surface area contributed by atoms with Gasteiger partial charge >= 0.3 is 0 Å². The molecule has 5 heteroatoms. The molecule has 4 rings (SSSR count). The standard InChI is InChI=1S/C20H19N3O2/c1-2-17(24)13-3-4-16-14(11-13)18(15(12-21)19(25)22-16)23-9-7-20(5-6-20)8-10-23/h1,3-4,11,17,24H,5-10H2,(H,22,25). The van der Waals surface area contributed by atoms with E-state index < -0.39 is 6.10 Å². The lowest BCUT2D eigenvalue weighted by molar-refractivity contribution is 0.239. The van der Waals surface area contributed by atoms with E-state index in [1.807, 2.05) is 0 Å². The Morgan fingerprint density at radius 1 is 1.28 bits per heavy atom. The maximum absolute atomic E-state index is 12.4. The molecule has 2 heterocycles. The molecule has 2 aliphatic rings. The second-order valence-corrected chi connectivity index (χ2v) is 7.15. The second-order valence-electron chi connectivity index (χ2n) is 7.15. The maximum Gasteiger partial charge on any atom is 0.268 e. The van der Waals surface area contributed by atoms with Crippen molar-refractivity contribution in [1.82, 2.24) is 4.98 Å². The van der Waals surface area contributed by atoms with E-state index in [-0.39, 0.29) is 11.1 Å². The average molecular weight is 333 g/mol. The van der Waals surface area contributed by atoms with Crippen molar-refractivity contribution in [2.45, 2.75) is 31.8 Å². The van der Waals surface area contributed by atoms with Gasteiger partial charge in [0.05, 0.1) is 11.2 Å². The van der Waals surface area contributed by atoms with Crippen LogP contribution in [0.5, 0.6) is 0 Å². The predicted molar refractivity (Wildman–Crippen MR) is 96.2 cm³/mol. The summed E-state index contributed by atoms with van der Waals surface area (Å²) < 4.78 is 0. The first-order valence-corrected chi connectivity index (χ1v) is 8.56. The van der Waals surface area contributed by atoms with Crippen molar-refractivity contribution >= 4 is 16.6 Å². The summed E-state index contributed by atoms with van der Waals surface area (Å²) in [5, 5.41) is 20.3. The first-order valence-electron chi connectivity index (χ1n) is 8.56. The Kier molecular flexibility index (Phi) is 3.56. The van der Waals surface area contributed by atoms with E-state index >= 15 is 0 Å². The number of aliphatic hydroxyl groups is 1. The van der Waals surface area contributed by atoms with E-state index in [2.05, 4.69) is 21.9 Å². The third-order valence-electron chi connectivity index (χ3n) is 5.69.